The molecule has 11 heteroatoms. The van der Waals surface area contributed by atoms with Crippen LogP contribution in [-0.4, -0.2) is 27.7 Å². The summed E-state index contributed by atoms with van der Waals surface area (Å²) in [6.45, 7) is 5.08. The van der Waals surface area contributed by atoms with E-state index in [1.165, 1.54) is 30.3 Å². The van der Waals surface area contributed by atoms with Crippen LogP contribution >= 0.6 is 11.6 Å². The Bertz CT molecular complexity index is 1190. The lowest BCUT2D eigenvalue weighted by Gasteiger charge is -2.15. The summed E-state index contributed by atoms with van der Waals surface area (Å²) < 4.78 is 40.9. The molecule has 0 atom stereocenters. The van der Waals surface area contributed by atoms with Crippen molar-refractivity contribution < 1.29 is 27.6 Å². The molecule has 0 saturated carbocycles. The molecule has 1 aromatic heterocycles. The van der Waals surface area contributed by atoms with E-state index in [9.17, 15) is 22.8 Å². The molecule has 0 saturated heterocycles. The molecule has 0 radical (unpaired) electrons. The highest BCUT2D eigenvalue weighted by atomic mass is 35.5. The fraction of sp³-hybridized carbons (Fsp3) is 0.227. The summed E-state index contributed by atoms with van der Waals surface area (Å²) in [5.74, 6) is -1.52. The molecule has 174 valence electrons. The van der Waals surface area contributed by atoms with Crippen molar-refractivity contribution in [1.82, 2.24) is 15.3 Å². The predicted octanol–water partition coefficient (Wildman–Crippen LogP) is 5.18. The first-order valence-electron chi connectivity index (χ1n) is 9.77. The second-order valence-electron chi connectivity index (χ2n) is 7.35. The predicted molar refractivity (Wildman–Crippen MR) is 116 cm³/mol. The van der Waals surface area contributed by atoms with Gasteiger partial charge in [0.1, 0.15) is 5.69 Å². The molecule has 0 aliphatic carbocycles. The molecule has 0 unspecified atom stereocenters. The third-order valence-corrected chi connectivity index (χ3v) is 4.66. The third kappa shape index (κ3) is 5.71. The molecule has 2 aromatic carbocycles. The normalized spacial score (nSPS) is 11.5. The first-order valence-corrected chi connectivity index (χ1v) is 10.2. The number of aryl methyl sites for hydroxylation is 1. The number of nitrogens with one attached hydrogen (secondary N) is 2. The van der Waals surface area contributed by atoms with Crippen LogP contribution in [0.1, 0.15) is 46.0 Å². The summed E-state index contributed by atoms with van der Waals surface area (Å²) in [6, 6.07) is 11.2. The lowest BCUT2D eigenvalue weighted by molar-refractivity contribution is -0.141. The number of carbonyl (C=O) groups is 2. The number of hydrogen-bond donors (Lipinski definition) is 2. The molecular formula is C22H20ClF3N4O3. The quantitative estimate of drug-likeness (QED) is 0.476. The van der Waals surface area contributed by atoms with E-state index in [0.29, 0.717) is 11.6 Å². The SMILES string of the molecule is Cc1cccc(C(=O)NOC(C)C)c1NC(=O)c1cc(C(F)(F)F)nn1-c1cccc(Cl)c1. The topological polar surface area (TPSA) is 85.2 Å². The zero-order valence-corrected chi connectivity index (χ0v) is 18.6. The number of aromatic nitrogens is 2. The maximum absolute atomic E-state index is 13.4. The Morgan fingerprint density at radius 1 is 1.09 bits per heavy atom. The molecule has 1 heterocycles. The van der Waals surface area contributed by atoms with E-state index in [1.807, 2.05) is 0 Å². The van der Waals surface area contributed by atoms with Crippen LogP contribution in [0.5, 0.6) is 0 Å². The van der Waals surface area contributed by atoms with Gasteiger partial charge in [-0.05, 0) is 50.6 Å². The highest BCUT2D eigenvalue weighted by Gasteiger charge is 2.36. The Morgan fingerprint density at radius 3 is 2.42 bits per heavy atom. The molecular weight excluding hydrogens is 461 g/mol. The third-order valence-electron chi connectivity index (χ3n) is 4.43. The molecule has 0 spiro atoms. The minimum absolute atomic E-state index is 0.0777. The molecule has 7 nitrogen and oxygen atoms in total. The zero-order valence-electron chi connectivity index (χ0n) is 17.8. The van der Waals surface area contributed by atoms with Crippen molar-refractivity contribution in [2.24, 2.45) is 0 Å². The molecule has 2 N–H and O–H groups in total. The Morgan fingerprint density at radius 2 is 1.79 bits per heavy atom. The summed E-state index contributed by atoms with van der Waals surface area (Å²) in [6.07, 6.45) is -5.06. The first-order chi connectivity index (χ1) is 15.5. The van der Waals surface area contributed by atoms with Gasteiger partial charge in [-0.3, -0.25) is 14.4 Å². The lowest BCUT2D eigenvalue weighted by atomic mass is 10.1. The van der Waals surface area contributed by atoms with Gasteiger partial charge in [0.2, 0.25) is 0 Å². The number of anilines is 1. The van der Waals surface area contributed by atoms with E-state index in [1.54, 1.807) is 32.9 Å². The number of halogens is 4. The summed E-state index contributed by atoms with van der Waals surface area (Å²) >= 11 is 5.96. The second kappa shape index (κ2) is 9.63. The number of hydroxylamine groups is 1. The van der Waals surface area contributed by atoms with E-state index in [4.69, 9.17) is 16.4 Å². The van der Waals surface area contributed by atoms with Crippen molar-refractivity contribution in [3.05, 3.63) is 76.1 Å². The number of hydrogen-bond acceptors (Lipinski definition) is 4. The number of alkyl halides is 3. The standard InChI is InChI=1S/C22H20ClF3N4O3/c1-12(2)33-29-20(31)16-9-4-6-13(3)19(16)27-21(32)17-11-18(22(24,25)26)28-30(17)15-8-5-7-14(23)10-15/h4-12H,1-3H3,(H,27,32)(H,29,31). The van der Waals surface area contributed by atoms with Crippen LogP contribution in [0.4, 0.5) is 18.9 Å². The fourth-order valence-corrected chi connectivity index (χ4v) is 3.10. The van der Waals surface area contributed by atoms with Crippen LogP contribution in [0.2, 0.25) is 5.02 Å². The average Bonchev–Trinajstić information content (AvgIpc) is 3.19. The van der Waals surface area contributed by atoms with Crippen LogP contribution in [0.25, 0.3) is 5.69 Å². The maximum Gasteiger partial charge on any atom is 0.435 e. The number of amides is 2. The molecule has 0 bridgehead atoms. The summed E-state index contributed by atoms with van der Waals surface area (Å²) in [5.41, 5.74) is 1.52. The monoisotopic (exact) mass is 480 g/mol. The minimum Gasteiger partial charge on any atom is -0.320 e. The van der Waals surface area contributed by atoms with Gasteiger partial charge in [-0.15, -0.1) is 0 Å². The number of nitrogens with zero attached hydrogens (tertiary/aromatic N) is 2. The minimum atomic E-state index is -4.78. The van der Waals surface area contributed by atoms with Crippen LogP contribution in [0.15, 0.2) is 48.5 Å². The molecule has 2 amide bonds. The van der Waals surface area contributed by atoms with Crippen LogP contribution in [0, 0.1) is 6.92 Å². The summed E-state index contributed by atoms with van der Waals surface area (Å²) in [7, 11) is 0. The maximum atomic E-state index is 13.4. The number of para-hydroxylation sites is 1. The first kappa shape index (κ1) is 24.3. The molecule has 3 rings (SSSR count). The number of benzene rings is 2. The lowest BCUT2D eigenvalue weighted by Crippen LogP contribution is -2.28. The fourth-order valence-electron chi connectivity index (χ4n) is 2.91. The molecule has 0 aliphatic rings. The van der Waals surface area contributed by atoms with E-state index in [0.717, 1.165) is 4.68 Å². The van der Waals surface area contributed by atoms with Crippen molar-refractivity contribution >= 4 is 29.1 Å². The van der Waals surface area contributed by atoms with Gasteiger partial charge in [-0.2, -0.15) is 18.3 Å². The summed E-state index contributed by atoms with van der Waals surface area (Å²) in [5, 5.41) is 6.35. The summed E-state index contributed by atoms with van der Waals surface area (Å²) in [4.78, 5) is 30.7. The largest absolute Gasteiger partial charge is 0.435 e. The zero-order chi connectivity index (χ0) is 24.3. The average molecular weight is 481 g/mol. The highest BCUT2D eigenvalue weighted by molar-refractivity contribution is 6.30. The molecule has 33 heavy (non-hydrogen) atoms. The van der Waals surface area contributed by atoms with Crippen molar-refractivity contribution in [3.63, 3.8) is 0 Å². The van der Waals surface area contributed by atoms with Gasteiger partial charge in [0, 0.05) is 11.1 Å². The van der Waals surface area contributed by atoms with Gasteiger partial charge in [0.05, 0.1) is 23.0 Å². The molecule has 0 fully saturated rings. The van der Waals surface area contributed by atoms with Gasteiger partial charge in [-0.1, -0.05) is 29.8 Å². The van der Waals surface area contributed by atoms with Crippen LogP contribution in [0.3, 0.4) is 0 Å². The molecule has 3 aromatic rings. The Balaban J connectivity index is 2.02. The smallest absolute Gasteiger partial charge is 0.320 e. The molecule has 0 aliphatic heterocycles. The van der Waals surface area contributed by atoms with Gasteiger partial charge in [0.25, 0.3) is 11.8 Å². The Labute approximate surface area is 192 Å². The Hall–Kier alpha value is -3.37. The van der Waals surface area contributed by atoms with E-state index in [2.05, 4.69) is 15.9 Å². The van der Waals surface area contributed by atoms with Gasteiger partial charge in [-0.25, -0.2) is 10.2 Å². The second-order valence-corrected chi connectivity index (χ2v) is 7.79. The van der Waals surface area contributed by atoms with Gasteiger partial charge in [0.15, 0.2) is 5.69 Å². The van der Waals surface area contributed by atoms with Crippen molar-refractivity contribution in [2.75, 3.05) is 5.32 Å². The van der Waals surface area contributed by atoms with E-state index >= 15 is 0 Å². The van der Waals surface area contributed by atoms with Crippen molar-refractivity contribution in [1.29, 1.82) is 0 Å². The van der Waals surface area contributed by atoms with Gasteiger partial charge < -0.3 is 5.32 Å². The van der Waals surface area contributed by atoms with Crippen molar-refractivity contribution in [2.45, 2.75) is 33.1 Å². The van der Waals surface area contributed by atoms with E-state index < -0.39 is 29.4 Å². The number of rotatable bonds is 6. The van der Waals surface area contributed by atoms with E-state index in [-0.39, 0.29) is 28.1 Å². The van der Waals surface area contributed by atoms with Crippen LogP contribution < -0.4 is 10.8 Å². The number of carbonyl (C=O) groups excluding carboxylic acids is 2. The van der Waals surface area contributed by atoms with Crippen LogP contribution in [-0.2, 0) is 11.0 Å². The highest BCUT2D eigenvalue weighted by Crippen LogP contribution is 2.30. The Kier molecular flexibility index (Phi) is 7.09. The van der Waals surface area contributed by atoms with Gasteiger partial charge >= 0.3 is 6.18 Å². The van der Waals surface area contributed by atoms with Crippen molar-refractivity contribution in [3.8, 4) is 5.69 Å².